The van der Waals surface area contributed by atoms with E-state index < -0.39 is 17.4 Å². The highest BCUT2D eigenvalue weighted by Crippen LogP contribution is 2.32. The zero-order chi connectivity index (χ0) is 21.7. The van der Waals surface area contributed by atoms with Crippen LogP contribution in [-0.4, -0.2) is 29.4 Å². The van der Waals surface area contributed by atoms with Gasteiger partial charge in [0.05, 0.1) is 18.9 Å². The highest BCUT2D eigenvalue weighted by Gasteiger charge is 2.25. The number of hydrogen-bond donors (Lipinski definition) is 2. The lowest BCUT2D eigenvalue weighted by Gasteiger charge is -2.27. The van der Waals surface area contributed by atoms with Crippen LogP contribution >= 0.6 is 0 Å². The molecule has 2 amide bonds. The van der Waals surface area contributed by atoms with E-state index in [1.807, 2.05) is 45.0 Å². The molecule has 1 aromatic heterocycles. The largest absolute Gasteiger partial charge is 0.496 e. The van der Waals surface area contributed by atoms with Crippen molar-refractivity contribution in [3.8, 4) is 17.1 Å². The van der Waals surface area contributed by atoms with Gasteiger partial charge in [-0.05, 0) is 50.5 Å². The van der Waals surface area contributed by atoms with Crippen molar-refractivity contribution in [2.75, 3.05) is 12.4 Å². The lowest BCUT2D eigenvalue weighted by Crippen LogP contribution is -2.49. The number of oxazole rings is 1. The number of methoxy groups -OCH3 is 1. The van der Waals surface area contributed by atoms with Gasteiger partial charge in [0.2, 0.25) is 0 Å². The van der Waals surface area contributed by atoms with Gasteiger partial charge >= 0.3 is 11.8 Å². The summed E-state index contributed by atoms with van der Waals surface area (Å²) in [4.78, 5) is 28.8. The zero-order valence-electron chi connectivity index (χ0n) is 17.5. The standard InChI is InChI=1S/C23H25N3O4/c1-15-7-5-6-8-16(15)12-23(2,3)26-22(28)21(27)25-17-9-10-18(19(11-17)29-4)20-13-24-14-30-20/h5-11,13-14H,12H2,1-4H3,(H,25,27)(H,26,28). The SMILES string of the molecule is COc1cc(NC(=O)C(=O)NC(C)(C)Cc2ccccc2C)ccc1-c1cnco1. The summed E-state index contributed by atoms with van der Waals surface area (Å²) in [6.45, 7) is 5.80. The van der Waals surface area contributed by atoms with Gasteiger partial charge in [-0.2, -0.15) is 0 Å². The maximum Gasteiger partial charge on any atom is 0.313 e. The molecule has 0 saturated heterocycles. The molecular weight excluding hydrogens is 382 g/mol. The molecule has 3 aromatic rings. The third kappa shape index (κ3) is 5.05. The molecule has 7 nitrogen and oxygen atoms in total. The first-order chi connectivity index (χ1) is 14.3. The number of aromatic nitrogens is 1. The Morgan fingerprint density at radius 1 is 1.13 bits per heavy atom. The third-order valence-electron chi connectivity index (χ3n) is 4.71. The molecule has 30 heavy (non-hydrogen) atoms. The summed E-state index contributed by atoms with van der Waals surface area (Å²) < 4.78 is 10.7. The van der Waals surface area contributed by atoms with Crippen LogP contribution in [0.1, 0.15) is 25.0 Å². The van der Waals surface area contributed by atoms with E-state index >= 15 is 0 Å². The van der Waals surface area contributed by atoms with Gasteiger partial charge in [-0.15, -0.1) is 0 Å². The van der Waals surface area contributed by atoms with Gasteiger partial charge in [0.1, 0.15) is 5.75 Å². The van der Waals surface area contributed by atoms with Crippen LogP contribution in [0.3, 0.4) is 0 Å². The number of amides is 2. The van der Waals surface area contributed by atoms with Crippen LogP contribution in [0, 0.1) is 6.92 Å². The molecule has 2 N–H and O–H groups in total. The molecule has 156 valence electrons. The summed E-state index contributed by atoms with van der Waals surface area (Å²) in [7, 11) is 1.52. The number of carbonyl (C=O) groups excluding carboxylic acids is 2. The highest BCUT2D eigenvalue weighted by molar-refractivity contribution is 6.39. The molecule has 3 rings (SSSR count). The van der Waals surface area contributed by atoms with Crippen LogP contribution < -0.4 is 15.4 Å². The normalized spacial score (nSPS) is 11.1. The fourth-order valence-electron chi connectivity index (χ4n) is 3.20. The maximum absolute atomic E-state index is 12.5. The Labute approximate surface area is 175 Å². The molecule has 0 unspecified atom stereocenters. The first kappa shape index (κ1) is 21.1. The van der Waals surface area contributed by atoms with E-state index in [-0.39, 0.29) is 0 Å². The van der Waals surface area contributed by atoms with Gasteiger partial charge < -0.3 is 19.8 Å². The molecule has 0 fully saturated rings. The molecule has 0 spiro atoms. The Hall–Kier alpha value is -3.61. The minimum atomic E-state index is -0.748. The molecule has 0 atom stereocenters. The van der Waals surface area contributed by atoms with E-state index in [0.717, 1.165) is 11.1 Å². The first-order valence-corrected chi connectivity index (χ1v) is 9.54. The fourth-order valence-corrected chi connectivity index (χ4v) is 3.20. The Bertz CT molecular complexity index is 1040. The van der Waals surface area contributed by atoms with Crippen LogP contribution in [-0.2, 0) is 16.0 Å². The Morgan fingerprint density at radius 3 is 2.57 bits per heavy atom. The molecule has 0 saturated carbocycles. The van der Waals surface area contributed by atoms with Gasteiger partial charge in [0.25, 0.3) is 0 Å². The van der Waals surface area contributed by atoms with Crippen molar-refractivity contribution in [2.24, 2.45) is 0 Å². The van der Waals surface area contributed by atoms with E-state index in [2.05, 4.69) is 15.6 Å². The molecule has 0 aliphatic carbocycles. The minimum Gasteiger partial charge on any atom is -0.496 e. The summed E-state index contributed by atoms with van der Waals surface area (Å²) in [6, 6.07) is 13.0. The number of benzene rings is 2. The van der Waals surface area contributed by atoms with Gasteiger partial charge in [0.15, 0.2) is 12.2 Å². The van der Waals surface area contributed by atoms with Crippen molar-refractivity contribution in [3.63, 3.8) is 0 Å². The predicted molar refractivity (Wildman–Crippen MR) is 114 cm³/mol. The highest BCUT2D eigenvalue weighted by atomic mass is 16.5. The summed E-state index contributed by atoms with van der Waals surface area (Å²) in [5.41, 5.74) is 2.80. The minimum absolute atomic E-state index is 0.437. The van der Waals surface area contributed by atoms with E-state index in [0.29, 0.717) is 29.2 Å². The summed E-state index contributed by atoms with van der Waals surface area (Å²) >= 11 is 0. The molecule has 0 radical (unpaired) electrons. The number of anilines is 1. The van der Waals surface area contributed by atoms with Crippen LogP contribution in [0.2, 0.25) is 0 Å². The molecule has 0 aliphatic rings. The lowest BCUT2D eigenvalue weighted by atomic mass is 9.92. The van der Waals surface area contributed by atoms with E-state index in [1.165, 1.54) is 13.5 Å². The number of carbonyl (C=O) groups is 2. The van der Waals surface area contributed by atoms with Crippen molar-refractivity contribution in [1.82, 2.24) is 10.3 Å². The van der Waals surface area contributed by atoms with E-state index in [9.17, 15) is 9.59 Å². The number of nitrogens with one attached hydrogen (secondary N) is 2. The summed E-state index contributed by atoms with van der Waals surface area (Å²) in [5.74, 6) is -0.417. The molecule has 2 aromatic carbocycles. The van der Waals surface area contributed by atoms with Crippen LogP contribution in [0.25, 0.3) is 11.3 Å². The average Bonchev–Trinajstić information content (AvgIpc) is 3.23. The monoisotopic (exact) mass is 407 g/mol. The summed E-state index contributed by atoms with van der Waals surface area (Å²) in [5, 5.41) is 5.42. The Morgan fingerprint density at radius 2 is 1.90 bits per heavy atom. The predicted octanol–water partition coefficient (Wildman–Crippen LogP) is 3.73. The average molecular weight is 407 g/mol. The number of hydrogen-bond acceptors (Lipinski definition) is 5. The second-order valence-corrected chi connectivity index (χ2v) is 7.68. The number of nitrogens with zero attached hydrogens (tertiary/aromatic N) is 1. The van der Waals surface area contributed by atoms with E-state index in [4.69, 9.17) is 9.15 Å². The second-order valence-electron chi connectivity index (χ2n) is 7.68. The zero-order valence-corrected chi connectivity index (χ0v) is 17.5. The van der Waals surface area contributed by atoms with Crippen molar-refractivity contribution >= 4 is 17.5 Å². The molecule has 1 heterocycles. The first-order valence-electron chi connectivity index (χ1n) is 9.54. The van der Waals surface area contributed by atoms with Gasteiger partial charge in [-0.3, -0.25) is 9.59 Å². The van der Waals surface area contributed by atoms with Crippen LogP contribution in [0.15, 0.2) is 59.5 Å². The van der Waals surface area contributed by atoms with Crippen molar-refractivity contribution in [2.45, 2.75) is 32.7 Å². The van der Waals surface area contributed by atoms with Crippen LogP contribution in [0.4, 0.5) is 5.69 Å². The molecular formula is C23H25N3O4. The number of rotatable bonds is 6. The van der Waals surface area contributed by atoms with E-state index in [1.54, 1.807) is 24.4 Å². The Balaban J connectivity index is 1.66. The third-order valence-corrected chi connectivity index (χ3v) is 4.71. The second kappa shape index (κ2) is 8.82. The molecule has 7 heteroatoms. The molecule has 0 bridgehead atoms. The topological polar surface area (TPSA) is 93.5 Å². The van der Waals surface area contributed by atoms with Gasteiger partial charge in [0, 0.05) is 17.3 Å². The van der Waals surface area contributed by atoms with Crippen molar-refractivity contribution in [3.05, 3.63) is 66.2 Å². The molecule has 0 aliphatic heterocycles. The smallest absolute Gasteiger partial charge is 0.313 e. The van der Waals surface area contributed by atoms with Gasteiger partial charge in [-0.1, -0.05) is 24.3 Å². The fraction of sp³-hybridized carbons (Fsp3) is 0.261. The Kier molecular flexibility index (Phi) is 6.20. The van der Waals surface area contributed by atoms with Gasteiger partial charge in [-0.25, -0.2) is 4.98 Å². The number of ether oxygens (including phenoxy) is 1. The lowest BCUT2D eigenvalue weighted by molar-refractivity contribution is -0.137. The number of aryl methyl sites for hydroxylation is 1. The van der Waals surface area contributed by atoms with Crippen molar-refractivity contribution < 1.29 is 18.7 Å². The van der Waals surface area contributed by atoms with Crippen LogP contribution in [0.5, 0.6) is 5.75 Å². The maximum atomic E-state index is 12.5. The van der Waals surface area contributed by atoms with Crippen molar-refractivity contribution in [1.29, 1.82) is 0 Å². The quantitative estimate of drug-likeness (QED) is 0.607. The summed E-state index contributed by atoms with van der Waals surface area (Å²) in [6.07, 6.45) is 3.51.